The lowest BCUT2D eigenvalue weighted by molar-refractivity contribution is -0.142. The number of aromatic nitrogens is 3. The number of halogens is 1. The van der Waals surface area contributed by atoms with Gasteiger partial charge in [0.15, 0.2) is 5.65 Å². The Kier molecular flexibility index (Phi) is 3.89. The van der Waals surface area contributed by atoms with Crippen molar-refractivity contribution >= 4 is 34.6 Å². The van der Waals surface area contributed by atoms with E-state index in [1.807, 2.05) is 0 Å². The molecule has 8 heteroatoms. The second kappa shape index (κ2) is 5.46. The van der Waals surface area contributed by atoms with Gasteiger partial charge >= 0.3 is 5.69 Å². The van der Waals surface area contributed by atoms with Crippen LogP contribution in [0.5, 0.6) is 0 Å². The normalized spacial score (nSPS) is 10.8. The molecule has 1 N–H and O–H groups in total. The van der Waals surface area contributed by atoms with Crippen LogP contribution in [0, 0.1) is 0 Å². The Labute approximate surface area is 119 Å². The first-order chi connectivity index (χ1) is 9.40. The van der Waals surface area contributed by atoms with Crippen molar-refractivity contribution in [3.05, 3.63) is 27.8 Å². The molecule has 0 aliphatic heterocycles. The third kappa shape index (κ3) is 2.72. The molecule has 0 bridgehead atoms. The van der Waals surface area contributed by atoms with Gasteiger partial charge in [0.25, 0.3) is 0 Å². The van der Waals surface area contributed by atoms with Gasteiger partial charge in [0.1, 0.15) is 5.15 Å². The number of nitrogens with one attached hydrogen (secondary N) is 1. The number of fused-ring (bicyclic) bond motifs is 1. The molecule has 0 saturated heterocycles. The van der Waals surface area contributed by atoms with Gasteiger partial charge in [-0.05, 0) is 12.1 Å². The number of hydrogen-bond donors (Lipinski definition) is 1. The minimum Gasteiger partial charge on any atom is -0.304 e. The maximum absolute atomic E-state index is 11.8. The van der Waals surface area contributed by atoms with Crippen molar-refractivity contribution in [2.75, 3.05) is 6.54 Å². The van der Waals surface area contributed by atoms with E-state index in [2.05, 4.69) is 9.97 Å². The molecule has 0 fully saturated rings. The lowest BCUT2D eigenvalue weighted by Gasteiger charge is -2.16. The zero-order chi connectivity index (χ0) is 14.9. The molecule has 0 atom stereocenters. The van der Waals surface area contributed by atoms with Crippen LogP contribution in [0.15, 0.2) is 16.9 Å². The van der Waals surface area contributed by atoms with Crippen LogP contribution in [0.4, 0.5) is 0 Å². The van der Waals surface area contributed by atoms with Gasteiger partial charge in [-0.25, -0.2) is 9.78 Å². The Balaban J connectivity index is 2.32. The molecule has 0 radical (unpaired) electrons. The first-order valence-corrected chi connectivity index (χ1v) is 6.31. The lowest BCUT2D eigenvalue weighted by atomic mass is 10.4. The second-order valence-electron chi connectivity index (χ2n) is 4.28. The van der Waals surface area contributed by atoms with E-state index in [1.165, 1.54) is 18.4 Å². The molecular weight excluding hydrogens is 284 g/mol. The van der Waals surface area contributed by atoms with E-state index >= 15 is 0 Å². The van der Waals surface area contributed by atoms with E-state index in [0.29, 0.717) is 11.2 Å². The monoisotopic (exact) mass is 296 g/mol. The number of imide groups is 1. The number of imidazole rings is 1. The second-order valence-corrected chi connectivity index (χ2v) is 4.66. The highest BCUT2D eigenvalue weighted by Gasteiger charge is 2.15. The highest BCUT2D eigenvalue weighted by atomic mass is 35.5. The average Bonchev–Trinajstić information content (AvgIpc) is 2.65. The van der Waals surface area contributed by atoms with E-state index in [1.54, 1.807) is 12.1 Å². The van der Waals surface area contributed by atoms with Crippen molar-refractivity contribution in [3.8, 4) is 0 Å². The van der Waals surface area contributed by atoms with Crippen LogP contribution in [0.1, 0.15) is 13.8 Å². The largest absolute Gasteiger partial charge is 0.327 e. The van der Waals surface area contributed by atoms with Crippen LogP contribution in [-0.2, 0) is 16.1 Å². The maximum atomic E-state index is 11.8. The molecule has 0 saturated carbocycles. The molecule has 0 aliphatic carbocycles. The molecule has 106 valence electrons. The van der Waals surface area contributed by atoms with Gasteiger partial charge in [-0.15, -0.1) is 0 Å². The van der Waals surface area contributed by atoms with Crippen molar-refractivity contribution in [1.82, 2.24) is 19.4 Å². The summed E-state index contributed by atoms with van der Waals surface area (Å²) in [5.41, 5.74) is 0.591. The quantitative estimate of drug-likeness (QED) is 0.848. The van der Waals surface area contributed by atoms with Crippen LogP contribution in [0.25, 0.3) is 11.2 Å². The Bertz CT molecular complexity index is 720. The number of carbonyl (C=O) groups is 2. The van der Waals surface area contributed by atoms with E-state index in [0.717, 1.165) is 4.90 Å². The van der Waals surface area contributed by atoms with Crippen molar-refractivity contribution in [2.45, 2.75) is 20.4 Å². The topological polar surface area (TPSA) is 88.1 Å². The number of nitrogens with zero attached hydrogens (tertiary/aromatic N) is 3. The zero-order valence-electron chi connectivity index (χ0n) is 11.0. The summed E-state index contributed by atoms with van der Waals surface area (Å²) in [5.74, 6) is -0.729. The Hall–Kier alpha value is -2.15. The molecule has 2 heterocycles. The fourth-order valence-electron chi connectivity index (χ4n) is 1.95. The summed E-state index contributed by atoms with van der Waals surface area (Å²) < 4.78 is 1.35. The Morgan fingerprint density at radius 1 is 1.35 bits per heavy atom. The van der Waals surface area contributed by atoms with Gasteiger partial charge in [-0.3, -0.25) is 19.1 Å². The van der Waals surface area contributed by atoms with Crippen LogP contribution in [0.3, 0.4) is 0 Å². The third-order valence-electron chi connectivity index (χ3n) is 2.89. The number of carbonyl (C=O) groups excluding carboxylic acids is 2. The molecule has 7 nitrogen and oxygen atoms in total. The summed E-state index contributed by atoms with van der Waals surface area (Å²) in [6.45, 7) is 2.86. The Morgan fingerprint density at radius 3 is 2.60 bits per heavy atom. The molecule has 2 aromatic rings. The molecular formula is C12H13ClN4O3. The maximum Gasteiger partial charge on any atom is 0.327 e. The van der Waals surface area contributed by atoms with Gasteiger partial charge in [-0.2, -0.15) is 0 Å². The standard InChI is InChI=1S/C12H13ClN4O3/c1-7(18)16(8(2)19)5-6-17-11-9(14-12(17)20)3-4-10(13)15-11/h3-4H,5-6H2,1-2H3,(H,14,20). The summed E-state index contributed by atoms with van der Waals surface area (Å²) in [5, 5.41) is 0.264. The SMILES string of the molecule is CC(=O)N(CCn1c(=O)[nH]c2ccc(Cl)nc21)C(C)=O. The number of hydrogen-bond acceptors (Lipinski definition) is 4. The van der Waals surface area contributed by atoms with Crippen molar-refractivity contribution in [2.24, 2.45) is 0 Å². The molecule has 2 rings (SSSR count). The number of pyridine rings is 1. The van der Waals surface area contributed by atoms with E-state index in [4.69, 9.17) is 11.6 Å². The first-order valence-electron chi connectivity index (χ1n) is 5.94. The van der Waals surface area contributed by atoms with Gasteiger partial charge in [0, 0.05) is 26.9 Å². The van der Waals surface area contributed by atoms with Crippen molar-refractivity contribution in [3.63, 3.8) is 0 Å². The molecule has 0 aromatic carbocycles. The number of amides is 2. The molecule has 0 unspecified atom stereocenters. The fourth-order valence-corrected chi connectivity index (χ4v) is 2.09. The smallest absolute Gasteiger partial charge is 0.304 e. The molecule has 0 aliphatic rings. The van der Waals surface area contributed by atoms with Crippen LogP contribution < -0.4 is 5.69 Å². The van der Waals surface area contributed by atoms with Crippen molar-refractivity contribution in [1.29, 1.82) is 0 Å². The van der Waals surface area contributed by atoms with Crippen LogP contribution >= 0.6 is 11.6 Å². The highest BCUT2D eigenvalue weighted by molar-refractivity contribution is 6.29. The lowest BCUT2D eigenvalue weighted by Crippen LogP contribution is -2.37. The van der Waals surface area contributed by atoms with Gasteiger partial charge < -0.3 is 4.98 Å². The van der Waals surface area contributed by atoms with Crippen LogP contribution in [0.2, 0.25) is 5.15 Å². The number of rotatable bonds is 3. The molecule has 2 aromatic heterocycles. The van der Waals surface area contributed by atoms with E-state index in [9.17, 15) is 14.4 Å². The number of H-pyrrole nitrogens is 1. The first kappa shape index (κ1) is 14.3. The summed E-state index contributed by atoms with van der Waals surface area (Å²) in [7, 11) is 0. The predicted octanol–water partition coefficient (Wildman–Crippen LogP) is 0.773. The van der Waals surface area contributed by atoms with Crippen molar-refractivity contribution < 1.29 is 9.59 Å². The molecule has 20 heavy (non-hydrogen) atoms. The summed E-state index contributed by atoms with van der Waals surface area (Å²) in [4.78, 5) is 42.3. The fraction of sp³-hybridized carbons (Fsp3) is 0.333. The zero-order valence-corrected chi connectivity index (χ0v) is 11.8. The van der Waals surface area contributed by atoms with E-state index < -0.39 is 0 Å². The van der Waals surface area contributed by atoms with Gasteiger partial charge in [0.05, 0.1) is 5.52 Å². The summed E-state index contributed by atoms with van der Waals surface area (Å²) in [6.07, 6.45) is 0. The molecule has 0 spiro atoms. The van der Waals surface area contributed by atoms with E-state index in [-0.39, 0.29) is 35.7 Å². The third-order valence-corrected chi connectivity index (χ3v) is 3.10. The minimum absolute atomic E-state index is 0.103. The van der Waals surface area contributed by atoms with Gasteiger partial charge in [-0.1, -0.05) is 11.6 Å². The predicted molar refractivity (Wildman–Crippen MR) is 73.4 cm³/mol. The highest BCUT2D eigenvalue weighted by Crippen LogP contribution is 2.12. The Morgan fingerprint density at radius 2 is 2.00 bits per heavy atom. The van der Waals surface area contributed by atoms with Crippen LogP contribution in [-0.4, -0.2) is 37.8 Å². The number of aromatic amines is 1. The minimum atomic E-state index is -0.364. The summed E-state index contributed by atoms with van der Waals surface area (Å²) >= 11 is 5.80. The molecule has 2 amide bonds. The van der Waals surface area contributed by atoms with Gasteiger partial charge in [0.2, 0.25) is 11.8 Å². The summed E-state index contributed by atoms with van der Waals surface area (Å²) in [6, 6.07) is 3.22. The average molecular weight is 297 g/mol.